The molecular weight excluding hydrogens is 460 g/mol. The summed E-state index contributed by atoms with van der Waals surface area (Å²) in [6.07, 6.45) is 1.31. The van der Waals surface area contributed by atoms with E-state index >= 15 is 0 Å². The topological polar surface area (TPSA) is 193 Å². The van der Waals surface area contributed by atoms with Gasteiger partial charge in [0.15, 0.2) is 12.3 Å². The van der Waals surface area contributed by atoms with Crippen LogP contribution in [0.15, 0.2) is 58.3 Å². The van der Waals surface area contributed by atoms with Crippen molar-refractivity contribution in [2.45, 2.75) is 0 Å². The van der Waals surface area contributed by atoms with Crippen molar-refractivity contribution >= 4 is 23.9 Å². The number of nitrogens with two attached hydrogens (primary N) is 1. The van der Waals surface area contributed by atoms with E-state index in [0.717, 1.165) is 0 Å². The van der Waals surface area contributed by atoms with Crippen molar-refractivity contribution in [3.63, 3.8) is 0 Å². The van der Waals surface area contributed by atoms with E-state index in [-0.39, 0.29) is 28.8 Å². The Labute approximate surface area is 196 Å². The number of hydrogen-bond acceptors (Lipinski definition) is 11. The van der Waals surface area contributed by atoms with Crippen molar-refractivity contribution in [2.24, 2.45) is 5.10 Å². The third-order valence-corrected chi connectivity index (χ3v) is 4.56. The molecular formula is C21H18N8O6. The van der Waals surface area contributed by atoms with E-state index in [4.69, 9.17) is 20.3 Å². The van der Waals surface area contributed by atoms with Gasteiger partial charge < -0.3 is 20.3 Å². The fourth-order valence-electron chi connectivity index (χ4n) is 3.02. The molecule has 4 aromatic rings. The van der Waals surface area contributed by atoms with Gasteiger partial charge in [-0.3, -0.25) is 4.79 Å². The van der Waals surface area contributed by atoms with E-state index in [1.807, 2.05) is 0 Å². The molecule has 0 bridgehead atoms. The summed E-state index contributed by atoms with van der Waals surface area (Å²) < 4.78 is 16.4. The Bertz CT molecular complexity index is 1400. The minimum Gasteiger partial charge on any atom is -0.497 e. The van der Waals surface area contributed by atoms with Crippen molar-refractivity contribution in [3.8, 4) is 28.6 Å². The molecule has 0 aliphatic carbocycles. The molecule has 0 aliphatic heterocycles. The standard InChI is InChI=1S/C21H18N8O6/c1-33-14-7-4-6-12(9-14)18-17(24-28-29(18)20-19(22)26-35-27-20)21(32)25-23-10-13-5-2-3-8-15(13)34-11-16(30)31/h2-10H,11H2,1H3,(H2,22,26)(H,25,32)(H,30,31). The summed E-state index contributed by atoms with van der Waals surface area (Å²) in [7, 11) is 1.51. The molecule has 0 saturated heterocycles. The van der Waals surface area contributed by atoms with Crippen LogP contribution < -0.4 is 20.6 Å². The van der Waals surface area contributed by atoms with Gasteiger partial charge in [0.1, 0.15) is 17.2 Å². The number of aromatic nitrogens is 5. The zero-order chi connectivity index (χ0) is 24.8. The smallest absolute Gasteiger partial charge is 0.341 e. The molecule has 178 valence electrons. The number of aliphatic carboxylic acids is 1. The second-order valence-corrected chi connectivity index (χ2v) is 6.82. The van der Waals surface area contributed by atoms with E-state index in [0.29, 0.717) is 16.9 Å². The molecule has 2 aromatic heterocycles. The number of amides is 1. The first kappa shape index (κ1) is 22.9. The molecule has 0 aliphatic rings. The molecule has 4 rings (SSSR count). The maximum Gasteiger partial charge on any atom is 0.341 e. The largest absolute Gasteiger partial charge is 0.497 e. The third-order valence-electron chi connectivity index (χ3n) is 4.56. The van der Waals surface area contributed by atoms with Gasteiger partial charge in [0.25, 0.3) is 5.91 Å². The summed E-state index contributed by atoms with van der Waals surface area (Å²) in [6, 6.07) is 13.5. The zero-order valence-electron chi connectivity index (χ0n) is 18.2. The molecule has 0 saturated carbocycles. The summed E-state index contributed by atoms with van der Waals surface area (Å²) in [5.74, 6) is -1.01. The number of benzene rings is 2. The molecule has 4 N–H and O–H groups in total. The van der Waals surface area contributed by atoms with Crippen LogP contribution in [0.4, 0.5) is 5.82 Å². The average molecular weight is 478 g/mol. The Balaban J connectivity index is 1.64. The first-order valence-electron chi connectivity index (χ1n) is 9.93. The van der Waals surface area contributed by atoms with Crippen LogP contribution in [0.1, 0.15) is 16.1 Å². The molecule has 0 spiro atoms. The predicted molar refractivity (Wildman–Crippen MR) is 120 cm³/mol. The highest BCUT2D eigenvalue weighted by Crippen LogP contribution is 2.29. The zero-order valence-corrected chi connectivity index (χ0v) is 18.2. The van der Waals surface area contributed by atoms with Crippen LogP contribution in [-0.4, -0.2) is 62.2 Å². The summed E-state index contributed by atoms with van der Waals surface area (Å²) in [6.45, 7) is -0.524. The number of para-hydroxylation sites is 1. The van der Waals surface area contributed by atoms with Crippen LogP contribution in [0.3, 0.4) is 0 Å². The maximum atomic E-state index is 13.0. The fraction of sp³-hybridized carbons (Fsp3) is 0.0952. The Morgan fingerprint density at radius 2 is 2.06 bits per heavy atom. The van der Waals surface area contributed by atoms with E-state index in [1.165, 1.54) is 18.0 Å². The lowest BCUT2D eigenvalue weighted by Crippen LogP contribution is -2.19. The van der Waals surface area contributed by atoms with Crippen LogP contribution in [0.25, 0.3) is 17.1 Å². The molecule has 0 unspecified atom stereocenters. The van der Waals surface area contributed by atoms with E-state index in [2.05, 4.69) is 35.8 Å². The number of methoxy groups -OCH3 is 1. The van der Waals surface area contributed by atoms with Crippen molar-refractivity contribution in [1.29, 1.82) is 0 Å². The maximum absolute atomic E-state index is 13.0. The second-order valence-electron chi connectivity index (χ2n) is 6.82. The van der Waals surface area contributed by atoms with Crippen LogP contribution in [0, 0.1) is 0 Å². The summed E-state index contributed by atoms with van der Waals surface area (Å²) in [5, 5.41) is 28.0. The SMILES string of the molecule is COc1cccc(-c2c(C(=O)NN=Cc3ccccc3OCC(=O)O)nnn2-c2nonc2N)c1. The minimum atomic E-state index is -1.12. The molecule has 1 amide bonds. The normalized spacial score (nSPS) is 10.9. The predicted octanol–water partition coefficient (Wildman–Crippen LogP) is 1.14. The number of nitrogens with zero attached hydrogens (tertiary/aromatic N) is 6. The van der Waals surface area contributed by atoms with E-state index < -0.39 is 18.5 Å². The van der Waals surface area contributed by atoms with Gasteiger partial charge in [0.2, 0.25) is 11.6 Å². The Morgan fingerprint density at radius 1 is 1.23 bits per heavy atom. The van der Waals surface area contributed by atoms with Gasteiger partial charge in [-0.1, -0.05) is 29.5 Å². The number of carboxylic acid groups (broad SMARTS) is 1. The van der Waals surface area contributed by atoms with Gasteiger partial charge in [-0.15, -0.1) is 5.10 Å². The van der Waals surface area contributed by atoms with Crippen LogP contribution in [-0.2, 0) is 4.79 Å². The summed E-state index contributed by atoms with van der Waals surface area (Å²) in [5.41, 5.74) is 9.31. The Morgan fingerprint density at radius 3 is 2.80 bits per heavy atom. The van der Waals surface area contributed by atoms with Gasteiger partial charge in [-0.2, -0.15) is 9.78 Å². The first-order valence-corrected chi connectivity index (χ1v) is 9.93. The first-order chi connectivity index (χ1) is 17.0. The third kappa shape index (κ3) is 5.05. The number of ether oxygens (including phenoxy) is 2. The van der Waals surface area contributed by atoms with Crippen LogP contribution in [0.2, 0.25) is 0 Å². The highest BCUT2D eigenvalue weighted by molar-refractivity contribution is 5.99. The molecule has 0 atom stereocenters. The number of carboxylic acids is 1. The number of carbonyl (C=O) groups excluding carboxylic acids is 1. The number of nitrogen functional groups attached to an aromatic ring is 1. The van der Waals surface area contributed by atoms with Gasteiger partial charge in [0.05, 0.1) is 13.3 Å². The summed E-state index contributed by atoms with van der Waals surface area (Å²) >= 11 is 0. The molecule has 0 fully saturated rings. The van der Waals surface area contributed by atoms with Crippen molar-refractivity contribution < 1.29 is 28.8 Å². The lowest BCUT2D eigenvalue weighted by molar-refractivity contribution is -0.139. The highest BCUT2D eigenvalue weighted by atomic mass is 16.6. The van der Waals surface area contributed by atoms with E-state index in [1.54, 1.807) is 48.5 Å². The number of carbonyl (C=O) groups is 2. The van der Waals surface area contributed by atoms with Crippen LogP contribution in [0.5, 0.6) is 11.5 Å². The highest BCUT2D eigenvalue weighted by Gasteiger charge is 2.25. The lowest BCUT2D eigenvalue weighted by atomic mass is 10.1. The Hall–Kier alpha value is -5.27. The van der Waals surface area contributed by atoms with Crippen molar-refractivity contribution in [1.82, 2.24) is 30.7 Å². The summed E-state index contributed by atoms with van der Waals surface area (Å²) in [4.78, 5) is 23.8. The molecule has 2 heterocycles. The number of rotatable bonds is 9. The quantitative estimate of drug-likeness (QED) is 0.231. The second kappa shape index (κ2) is 10.1. The molecule has 0 radical (unpaired) electrons. The monoisotopic (exact) mass is 478 g/mol. The van der Waals surface area contributed by atoms with Gasteiger partial charge in [0, 0.05) is 11.1 Å². The molecule has 2 aromatic carbocycles. The van der Waals surface area contributed by atoms with Crippen LogP contribution >= 0.6 is 0 Å². The lowest BCUT2D eigenvalue weighted by Gasteiger charge is -2.08. The number of nitrogens with one attached hydrogen (secondary N) is 1. The molecule has 35 heavy (non-hydrogen) atoms. The number of anilines is 1. The van der Waals surface area contributed by atoms with E-state index in [9.17, 15) is 9.59 Å². The minimum absolute atomic E-state index is 0.0439. The fourth-order valence-corrected chi connectivity index (χ4v) is 3.02. The van der Waals surface area contributed by atoms with Crippen molar-refractivity contribution in [3.05, 3.63) is 59.8 Å². The van der Waals surface area contributed by atoms with Gasteiger partial charge >= 0.3 is 5.97 Å². The molecule has 14 heteroatoms. The number of hydrazone groups is 1. The van der Waals surface area contributed by atoms with Gasteiger partial charge in [-0.05, 0) is 34.6 Å². The van der Waals surface area contributed by atoms with Gasteiger partial charge in [-0.25, -0.2) is 14.8 Å². The average Bonchev–Trinajstić information content (AvgIpc) is 3.49. The Kier molecular flexibility index (Phi) is 6.62. The number of hydrogen-bond donors (Lipinski definition) is 3. The molecule has 14 nitrogen and oxygen atoms in total. The van der Waals surface area contributed by atoms with Crippen molar-refractivity contribution in [2.75, 3.05) is 19.5 Å².